The number of aliphatic hydroxyl groups is 1. The summed E-state index contributed by atoms with van der Waals surface area (Å²) in [5.41, 5.74) is 4.99. The van der Waals surface area contributed by atoms with E-state index < -0.39 is 5.60 Å². The fourth-order valence-electron chi connectivity index (χ4n) is 2.60. The summed E-state index contributed by atoms with van der Waals surface area (Å²) < 4.78 is 5.13. The quantitative estimate of drug-likeness (QED) is 0.638. The average Bonchev–Trinajstić information content (AvgIpc) is 2.74. The molecule has 2 rings (SSSR count). The van der Waals surface area contributed by atoms with Crippen molar-refractivity contribution in [2.45, 2.75) is 43.7 Å². The lowest BCUT2D eigenvalue weighted by molar-refractivity contribution is -0.127. The Labute approximate surface area is 102 Å². The van der Waals surface area contributed by atoms with E-state index in [0.29, 0.717) is 19.6 Å². The monoisotopic (exact) mass is 242 g/mol. The minimum absolute atomic E-state index is 0.0182. The number of rotatable bonds is 3. The van der Waals surface area contributed by atoms with Crippen LogP contribution in [0.2, 0.25) is 0 Å². The van der Waals surface area contributed by atoms with Gasteiger partial charge in [0.15, 0.2) is 0 Å². The molecule has 1 aliphatic heterocycles. The normalized spacial score (nSPS) is 38.0. The first kappa shape index (κ1) is 12.8. The van der Waals surface area contributed by atoms with E-state index in [4.69, 9.17) is 10.5 Å². The van der Waals surface area contributed by atoms with E-state index in [1.807, 2.05) is 0 Å². The average molecular weight is 242 g/mol. The van der Waals surface area contributed by atoms with Crippen LogP contribution in [-0.4, -0.2) is 42.4 Å². The summed E-state index contributed by atoms with van der Waals surface area (Å²) in [6.45, 7) is 1.18. The SMILES string of the molecule is NC1CCCC(C(=O)NCC2(O)CCOC2)C1. The van der Waals surface area contributed by atoms with Crippen molar-refractivity contribution in [3.05, 3.63) is 0 Å². The number of nitrogens with one attached hydrogen (secondary N) is 1. The maximum absolute atomic E-state index is 11.9. The minimum Gasteiger partial charge on any atom is -0.386 e. The molecular weight excluding hydrogens is 220 g/mol. The number of carbonyl (C=O) groups is 1. The summed E-state index contributed by atoms with van der Waals surface area (Å²) >= 11 is 0. The van der Waals surface area contributed by atoms with Crippen LogP contribution in [0.15, 0.2) is 0 Å². The zero-order valence-electron chi connectivity index (χ0n) is 10.2. The van der Waals surface area contributed by atoms with Crippen LogP contribution in [0.4, 0.5) is 0 Å². The third kappa shape index (κ3) is 3.40. The second-order valence-electron chi connectivity index (χ2n) is 5.37. The molecule has 5 nitrogen and oxygen atoms in total. The molecule has 17 heavy (non-hydrogen) atoms. The lowest BCUT2D eigenvalue weighted by atomic mass is 9.85. The van der Waals surface area contributed by atoms with Gasteiger partial charge >= 0.3 is 0 Å². The summed E-state index contributed by atoms with van der Waals surface area (Å²) in [6, 6.07) is 0.150. The molecule has 5 heteroatoms. The summed E-state index contributed by atoms with van der Waals surface area (Å²) in [6.07, 6.45) is 4.31. The van der Waals surface area contributed by atoms with E-state index in [1.54, 1.807) is 0 Å². The third-order valence-electron chi connectivity index (χ3n) is 3.76. The molecule has 1 aliphatic carbocycles. The highest BCUT2D eigenvalue weighted by molar-refractivity contribution is 5.78. The van der Waals surface area contributed by atoms with Gasteiger partial charge in [-0.1, -0.05) is 6.42 Å². The number of nitrogens with two attached hydrogens (primary N) is 1. The summed E-state index contributed by atoms with van der Waals surface area (Å²) in [5.74, 6) is 0.0464. The summed E-state index contributed by atoms with van der Waals surface area (Å²) in [7, 11) is 0. The highest BCUT2D eigenvalue weighted by Crippen LogP contribution is 2.23. The first-order valence-electron chi connectivity index (χ1n) is 6.42. The second-order valence-corrected chi connectivity index (χ2v) is 5.37. The van der Waals surface area contributed by atoms with Crippen LogP contribution in [0.3, 0.4) is 0 Å². The predicted molar refractivity (Wildman–Crippen MR) is 63.3 cm³/mol. The molecule has 98 valence electrons. The number of ether oxygens (including phenoxy) is 1. The fourth-order valence-corrected chi connectivity index (χ4v) is 2.60. The van der Waals surface area contributed by atoms with Crippen molar-refractivity contribution in [3.8, 4) is 0 Å². The van der Waals surface area contributed by atoms with Crippen LogP contribution in [0.25, 0.3) is 0 Å². The van der Waals surface area contributed by atoms with Gasteiger partial charge in [0.25, 0.3) is 0 Å². The Morgan fingerprint density at radius 3 is 3.00 bits per heavy atom. The van der Waals surface area contributed by atoms with Gasteiger partial charge in [0.2, 0.25) is 5.91 Å². The topological polar surface area (TPSA) is 84.6 Å². The van der Waals surface area contributed by atoms with Crippen LogP contribution in [0.5, 0.6) is 0 Å². The Balaban J connectivity index is 1.76. The van der Waals surface area contributed by atoms with Gasteiger partial charge in [-0.15, -0.1) is 0 Å². The van der Waals surface area contributed by atoms with Crippen LogP contribution >= 0.6 is 0 Å². The van der Waals surface area contributed by atoms with Crippen molar-refractivity contribution in [3.63, 3.8) is 0 Å². The molecule has 3 atom stereocenters. The molecular formula is C12H22N2O3. The zero-order chi connectivity index (χ0) is 12.3. The lowest BCUT2D eigenvalue weighted by Gasteiger charge is -2.27. The van der Waals surface area contributed by atoms with Crippen LogP contribution < -0.4 is 11.1 Å². The third-order valence-corrected chi connectivity index (χ3v) is 3.76. The molecule has 0 bridgehead atoms. The van der Waals surface area contributed by atoms with Gasteiger partial charge < -0.3 is 20.9 Å². The van der Waals surface area contributed by atoms with E-state index in [9.17, 15) is 9.90 Å². The number of amides is 1. The van der Waals surface area contributed by atoms with Crippen LogP contribution in [0, 0.1) is 5.92 Å². The minimum atomic E-state index is -0.869. The number of hydrogen-bond acceptors (Lipinski definition) is 4. The Bertz CT molecular complexity index is 277. The molecule has 1 heterocycles. The Hall–Kier alpha value is -0.650. The molecule has 1 amide bonds. The molecule has 4 N–H and O–H groups in total. The first-order chi connectivity index (χ1) is 8.09. The first-order valence-corrected chi connectivity index (χ1v) is 6.42. The highest BCUT2D eigenvalue weighted by atomic mass is 16.5. The van der Waals surface area contributed by atoms with Crippen LogP contribution in [-0.2, 0) is 9.53 Å². The van der Waals surface area contributed by atoms with Gasteiger partial charge in [0, 0.05) is 31.5 Å². The van der Waals surface area contributed by atoms with Gasteiger partial charge in [-0.2, -0.15) is 0 Å². The van der Waals surface area contributed by atoms with Crippen molar-refractivity contribution in [1.82, 2.24) is 5.32 Å². The molecule has 1 saturated heterocycles. The van der Waals surface area contributed by atoms with Crippen molar-refractivity contribution in [1.29, 1.82) is 0 Å². The fraction of sp³-hybridized carbons (Fsp3) is 0.917. The van der Waals surface area contributed by atoms with Gasteiger partial charge in [0.1, 0.15) is 5.60 Å². The Kier molecular flexibility index (Phi) is 4.01. The molecule has 0 radical (unpaired) electrons. The van der Waals surface area contributed by atoms with Crippen molar-refractivity contribution >= 4 is 5.91 Å². The molecule has 1 saturated carbocycles. The smallest absolute Gasteiger partial charge is 0.223 e. The van der Waals surface area contributed by atoms with Crippen molar-refractivity contribution in [2.75, 3.05) is 19.8 Å². The molecule has 3 unspecified atom stereocenters. The molecule has 0 aromatic heterocycles. The van der Waals surface area contributed by atoms with Crippen LogP contribution in [0.1, 0.15) is 32.1 Å². The maximum atomic E-state index is 11.9. The Morgan fingerprint density at radius 1 is 1.53 bits per heavy atom. The molecule has 0 aromatic carbocycles. The predicted octanol–water partition coefficient (Wildman–Crippen LogP) is -0.228. The van der Waals surface area contributed by atoms with E-state index in [2.05, 4.69) is 5.32 Å². The van der Waals surface area contributed by atoms with E-state index in [0.717, 1.165) is 25.7 Å². The van der Waals surface area contributed by atoms with Gasteiger partial charge in [-0.05, 0) is 19.3 Å². The van der Waals surface area contributed by atoms with E-state index >= 15 is 0 Å². The highest BCUT2D eigenvalue weighted by Gasteiger charge is 2.33. The molecule has 2 fully saturated rings. The Morgan fingerprint density at radius 2 is 2.35 bits per heavy atom. The number of carbonyl (C=O) groups excluding carboxylic acids is 1. The van der Waals surface area contributed by atoms with Crippen molar-refractivity contribution in [2.24, 2.45) is 11.7 Å². The zero-order valence-corrected chi connectivity index (χ0v) is 10.2. The maximum Gasteiger partial charge on any atom is 0.223 e. The molecule has 0 spiro atoms. The van der Waals surface area contributed by atoms with Gasteiger partial charge in [0.05, 0.1) is 6.61 Å². The standard InChI is InChI=1S/C12H22N2O3/c13-10-3-1-2-9(6-10)11(15)14-7-12(16)4-5-17-8-12/h9-10,16H,1-8,13H2,(H,14,15). The second kappa shape index (κ2) is 5.33. The van der Waals surface area contributed by atoms with Gasteiger partial charge in [-0.3, -0.25) is 4.79 Å². The number of hydrogen-bond donors (Lipinski definition) is 3. The van der Waals surface area contributed by atoms with Gasteiger partial charge in [-0.25, -0.2) is 0 Å². The summed E-state index contributed by atoms with van der Waals surface area (Å²) in [5, 5.41) is 12.9. The van der Waals surface area contributed by atoms with Crippen molar-refractivity contribution < 1.29 is 14.6 Å². The molecule has 2 aliphatic rings. The van der Waals surface area contributed by atoms with E-state index in [1.165, 1.54) is 0 Å². The molecule has 0 aromatic rings. The summed E-state index contributed by atoms with van der Waals surface area (Å²) in [4.78, 5) is 11.9. The lowest BCUT2D eigenvalue weighted by Crippen LogP contribution is -2.46. The largest absolute Gasteiger partial charge is 0.386 e. The van der Waals surface area contributed by atoms with E-state index in [-0.39, 0.29) is 24.4 Å².